The molecule has 2 aromatic rings. The molecule has 0 radical (unpaired) electrons. The molecule has 2 unspecified atom stereocenters. The molecule has 0 aliphatic carbocycles. The van der Waals surface area contributed by atoms with Crippen LogP contribution in [0.25, 0.3) is 0 Å². The van der Waals surface area contributed by atoms with Gasteiger partial charge in [0.05, 0.1) is 11.1 Å². The predicted octanol–water partition coefficient (Wildman–Crippen LogP) is 7.65. The standard InChI is InChI=1S/C22H25F6N/c1-4-5-11-20(29(3)15(2)16-9-7-6-8-10-16)17-12-18(21(23,24)25)14-19(13-17)22(26,27)28/h6-10,12-15,20H,4-5,11H2,1-3H3. The third-order valence-electron chi connectivity index (χ3n) is 5.21. The summed E-state index contributed by atoms with van der Waals surface area (Å²) >= 11 is 0. The molecule has 1 nitrogen and oxygen atoms in total. The second kappa shape index (κ2) is 9.20. The summed E-state index contributed by atoms with van der Waals surface area (Å²) in [6.07, 6.45) is -7.77. The maximum absolute atomic E-state index is 13.3. The Morgan fingerprint density at radius 1 is 0.828 bits per heavy atom. The SMILES string of the molecule is CCCCC(c1cc(C(F)(F)F)cc(C(F)(F)F)c1)N(C)C(C)c1ccccc1. The number of halogens is 6. The van der Waals surface area contributed by atoms with Crippen LogP contribution in [0.2, 0.25) is 0 Å². The summed E-state index contributed by atoms with van der Waals surface area (Å²) in [6.45, 7) is 3.83. The molecular formula is C22H25F6N. The van der Waals surface area contributed by atoms with Crippen LogP contribution in [0.15, 0.2) is 48.5 Å². The average molecular weight is 417 g/mol. The van der Waals surface area contributed by atoms with E-state index in [2.05, 4.69) is 0 Å². The first-order valence-electron chi connectivity index (χ1n) is 9.51. The molecule has 2 aromatic carbocycles. The molecule has 0 saturated carbocycles. The van der Waals surface area contributed by atoms with E-state index in [9.17, 15) is 26.3 Å². The van der Waals surface area contributed by atoms with E-state index in [4.69, 9.17) is 0 Å². The van der Waals surface area contributed by atoms with Crippen molar-refractivity contribution in [3.63, 3.8) is 0 Å². The summed E-state index contributed by atoms with van der Waals surface area (Å²) in [4.78, 5) is 1.85. The molecule has 0 amide bonds. The number of hydrogen-bond donors (Lipinski definition) is 0. The second-order valence-electron chi connectivity index (χ2n) is 7.25. The minimum absolute atomic E-state index is 0.0332. The molecule has 0 saturated heterocycles. The lowest BCUT2D eigenvalue weighted by atomic mass is 9.93. The van der Waals surface area contributed by atoms with Crippen LogP contribution in [0, 0.1) is 0 Å². The van der Waals surface area contributed by atoms with Crippen molar-refractivity contribution >= 4 is 0 Å². The third-order valence-corrected chi connectivity index (χ3v) is 5.21. The Kier molecular flexibility index (Phi) is 7.38. The molecule has 29 heavy (non-hydrogen) atoms. The first-order valence-corrected chi connectivity index (χ1v) is 9.51. The van der Waals surface area contributed by atoms with Crippen LogP contribution < -0.4 is 0 Å². The largest absolute Gasteiger partial charge is 0.416 e. The lowest BCUT2D eigenvalue weighted by molar-refractivity contribution is -0.143. The zero-order chi connectivity index (χ0) is 21.8. The smallest absolute Gasteiger partial charge is 0.293 e. The summed E-state index contributed by atoms with van der Waals surface area (Å²) in [6, 6.07) is 10.5. The van der Waals surface area contributed by atoms with E-state index in [1.165, 1.54) is 0 Å². The highest BCUT2D eigenvalue weighted by molar-refractivity contribution is 5.35. The summed E-state index contributed by atoms with van der Waals surface area (Å²) in [7, 11) is 1.74. The van der Waals surface area contributed by atoms with Crippen LogP contribution in [0.4, 0.5) is 26.3 Å². The molecule has 7 heteroatoms. The van der Waals surface area contributed by atoms with E-state index >= 15 is 0 Å². The molecule has 0 N–H and O–H groups in total. The highest BCUT2D eigenvalue weighted by Crippen LogP contribution is 2.40. The summed E-state index contributed by atoms with van der Waals surface area (Å²) in [5.41, 5.74) is -1.57. The van der Waals surface area contributed by atoms with Crippen LogP contribution >= 0.6 is 0 Å². The Morgan fingerprint density at radius 2 is 1.34 bits per heavy atom. The van der Waals surface area contributed by atoms with E-state index in [0.717, 1.165) is 24.1 Å². The fraction of sp³-hybridized carbons (Fsp3) is 0.455. The predicted molar refractivity (Wildman–Crippen MR) is 101 cm³/mol. The molecule has 0 aromatic heterocycles. The van der Waals surface area contributed by atoms with Crippen molar-refractivity contribution in [1.29, 1.82) is 0 Å². The van der Waals surface area contributed by atoms with E-state index in [-0.39, 0.29) is 17.7 Å². The van der Waals surface area contributed by atoms with Gasteiger partial charge >= 0.3 is 12.4 Å². The number of alkyl halides is 6. The van der Waals surface area contributed by atoms with Gasteiger partial charge in [0.25, 0.3) is 0 Å². The maximum Gasteiger partial charge on any atom is 0.416 e. The highest BCUT2D eigenvalue weighted by atomic mass is 19.4. The van der Waals surface area contributed by atoms with Crippen LogP contribution in [-0.2, 0) is 12.4 Å². The van der Waals surface area contributed by atoms with Gasteiger partial charge in [-0.2, -0.15) is 26.3 Å². The van der Waals surface area contributed by atoms with Crippen LogP contribution in [0.3, 0.4) is 0 Å². The number of rotatable bonds is 7. The Bertz CT molecular complexity index is 750. The fourth-order valence-corrected chi connectivity index (χ4v) is 3.41. The molecule has 0 aliphatic rings. The Hall–Kier alpha value is -2.02. The Labute approximate surface area is 167 Å². The van der Waals surface area contributed by atoms with E-state index in [1.54, 1.807) is 7.05 Å². The normalized spacial score (nSPS) is 14.8. The van der Waals surface area contributed by atoms with Crippen molar-refractivity contribution < 1.29 is 26.3 Å². The third kappa shape index (κ3) is 5.98. The zero-order valence-electron chi connectivity index (χ0n) is 16.6. The molecule has 0 fully saturated rings. The molecule has 0 aliphatic heterocycles. The Morgan fingerprint density at radius 3 is 1.79 bits per heavy atom. The lowest BCUT2D eigenvalue weighted by Gasteiger charge is -2.34. The molecule has 160 valence electrons. The van der Waals surface area contributed by atoms with Gasteiger partial charge < -0.3 is 0 Å². The van der Waals surface area contributed by atoms with Crippen molar-refractivity contribution in [1.82, 2.24) is 4.90 Å². The summed E-state index contributed by atoms with van der Waals surface area (Å²) in [5, 5.41) is 0. The van der Waals surface area contributed by atoms with Crippen molar-refractivity contribution in [2.24, 2.45) is 0 Å². The van der Waals surface area contributed by atoms with Gasteiger partial charge in [-0.3, -0.25) is 4.90 Å². The van der Waals surface area contributed by atoms with Gasteiger partial charge in [0.2, 0.25) is 0 Å². The zero-order valence-corrected chi connectivity index (χ0v) is 16.6. The number of unbranched alkanes of at least 4 members (excludes halogenated alkanes) is 1. The Balaban J connectivity index is 2.53. The number of benzene rings is 2. The minimum atomic E-state index is -4.85. The maximum atomic E-state index is 13.3. The molecule has 2 atom stereocenters. The van der Waals surface area contributed by atoms with Crippen molar-refractivity contribution in [3.8, 4) is 0 Å². The van der Waals surface area contributed by atoms with Crippen LogP contribution in [-0.4, -0.2) is 11.9 Å². The lowest BCUT2D eigenvalue weighted by Crippen LogP contribution is -2.28. The minimum Gasteiger partial charge on any atom is -0.293 e. The van der Waals surface area contributed by atoms with Crippen LogP contribution in [0.1, 0.15) is 67.4 Å². The van der Waals surface area contributed by atoms with E-state index in [0.29, 0.717) is 12.8 Å². The topological polar surface area (TPSA) is 3.24 Å². The van der Waals surface area contributed by atoms with Crippen molar-refractivity contribution in [2.75, 3.05) is 7.05 Å². The molecule has 0 spiro atoms. The molecule has 2 rings (SSSR count). The van der Waals surface area contributed by atoms with E-state index < -0.39 is 29.5 Å². The van der Waals surface area contributed by atoms with Gasteiger partial charge in [0.1, 0.15) is 0 Å². The summed E-state index contributed by atoms with van der Waals surface area (Å²) < 4.78 is 79.8. The molecule has 0 heterocycles. The highest BCUT2D eigenvalue weighted by Gasteiger charge is 2.38. The molecular weight excluding hydrogens is 392 g/mol. The fourth-order valence-electron chi connectivity index (χ4n) is 3.41. The van der Waals surface area contributed by atoms with Gasteiger partial charge in [-0.25, -0.2) is 0 Å². The number of nitrogens with zero attached hydrogens (tertiary/aromatic N) is 1. The van der Waals surface area contributed by atoms with Gasteiger partial charge in [-0.1, -0.05) is 50.1 Å². The van der Waals surface area contributed by atoms with Crippen LogP contribution in [0.5, 0.6) is 0 Å². The van der Waals surface area contributed by atoms with Gasteiger partial charge in [0.15, 0.2) is 0 Å². The number of hydrogen-bond acceptors (Lipinski definition) is 1. The second-order valence-corrected chi connectivity index (χ2v) is 7.25. The van der Waals surface area contributed by atoms with Gasteiger partial charge in [0, 0.05) is 12.1 Å². The quantitative estimate of drug-likeness (QED) is 0.418. The van der Waals surface area contributed by atoms with Crippen molar-refractivity contribution in [3.05, 3.63) is 70.8 Å². The van der Waals surface area contributed by atoms with E-state index in [1.807, 2.05) is 49.1 Å². The van der Waals surface area contributed by atoms with Crippen molar-refractivity contribution in [2.45, 2.75) is 57.5 Å². The first-order chi connectivity index (χ1) is 13.4. The van der Waals surface area contributed by atoms with Gasteiger partial charge in [-0.15, -0.1) is 0 Å². The first kappa shape index (κ1) is 23.3. The monoisotopic (exact) mass is 417 g/mol. The average Bonchev–Trinajstić information content (AvgIpc) is 2.66. The van der Waals surface area contributed by atoms with Gasteiger partial charge in [-0.05, 0) is 49.7 Å². The summed E-state index contributed by atoms with van der Waals surface area (Å²) in [5.74, 6) is 0. The molecule has 0 bridgehead atoms.